The first-order valence-corrected chi connectivity index (χ1v) is 9.10. The van der Waals surface area contributed by atoms with Crippen molar-refractivity contribution in [2.45, 2.75) is 29.5 Å². The molecule has 0 aromatic carbocycles. The second kappa shape index (κ2) is 5.68. The standard InChI is InChI=1S/C13H13N5O5S2/c1-4(19)17-3-23-9-5(2-24-13-16-15-12(14)25-13)6(11(21)22)18-7(9)8(17)10(18)20/h7-9H,2-3H2,1H3,(H2,14,15)(H,21,22)/t7-,8-,9?/m0/s1. The zero-order valence-corrected chi connectivity index (χ0v) is 14.5. The number of ether oxygens (including phenoxy) is 1. The number of carbonyl (C=O) groups is 3. The van der Waals surface area contributed by atoms with Gasteiger partial charge in [-0.1, -0.05) is 23.1 Å². The molecule has 10 nitrogen and oxygen atoms in total. The third-order valence-corrected chi connectivity index (χ3v) is 6.35. The van der Waals surface area contributed by atoms with Crippen LogP contribution in [0.3, 0.4) is 0 Å². The van der Waals surface area contributed by atoms with Crippen molar-refractivity contribution >= 4 is 46.0 Å². The molecule has 3 aliphatic heterocycles. The number of hydrogen-bond acceptors (Lipinski definition) is 9. The van der Waals surface area contributed by atoms with E-state index in [0.29, 0.717) is 15.0 Å². The molecule has 1 unspecified atom stereocenters. The van der Waals surface area contributed by atoms with Crippen molar-refractivity contribution < 1.29 is 24.2 Å². The van der Waals surface area contributed by atoms with Gasteiger partial charge in [0.15, 0.2) is 4.34 Å². The number of nitrogens with two attached hydrogens (primary N) is 1. The van der Waals surface area contributed by atoms with Gasteiger partial charge in [-0.25, -0.2) is 4.79 Å². The van der Waals surface area contributed by atoms with Crippen molar-refractivity contribution in [3.8, 4) is 0 Å². The van der Waals surface area contributed by atoms with Gasteiger partial charge in [0, 0.05) is 18.2 Å². The normalized spacial score (nSPS) is 27.4. The van der Waals surface area contributed by atoms with Gasteiger partial charge in [0.25, 0.3) is 5.91 Å². The molecule has 12 heteroatoms. The Kier molecular flexibility index (Phi) is 3.70. The predicted molar refractivity (Wildman–Crippen MR) is 86.4 cm³/mol. The minimum absolute atomic E-state index is 0.0342. The van der Waals surface area contributed by atoms with Crippen LogP contribution in [0, 0.1) is 0 Å². The van der Waals surface area contributed by atoms with Crippen LogP contribution >= 0.6 is 23.1 Å². The Labute approximate surface area is 149 Å². The molecule has 1 aromatic heterocycles. The zero-order valence-electron chi connectivity index (χ0n) is 12.9. The molecule has 3 atom stereocenters. The van der Waals surface area contributed by atoms with Gasteiger partial charge in [-0.05, 0) is 0 Å². The molecule has 3 aliphatic rings. The molecule has 0 bridgehead atoms. The topological polar surface area (TPSA) is 139 Å². The van der Waals surface area contributed by atoms with E-state index in [1.165, 1.54) is 39.8 Å². The van der Waals surface area contributed by atoms with Crippen LogP contribution in [-0.4, -0.2) is 73.6 Å². The van der Waals surface area contributed by atoms with E-state index in [-0.39, 0.29) is 30.0 Å². The van der Waals surface area contributed by atoms with Gasteiger partial charge in [0.05, 0.1) is 6.04 Å². The number of carbonyl (C=O) groups excluding carboxylic acids is 2. The molecule has 0 aliphatic carbocycles. The van der Waals surface area contributed by atoms with Gasteiger partial charge in [0.1, 0.15) is 24.6 Å². The van der Waals surface area contributed by atoms with E-state index in [1.807, 2.05) is 0 Å². The molecule has 3 N–H and O–H groups in total. The van der Waals surface area contributed by atoms with E-state index in [0.717, 1.165) is 0 Å². The van der Waals surface area contributed by atoms with Crippen LogP contribution < -0.4 is 5.73 Å². The first kappa shape index (κ1) is 16.3. The Morgan fingerprint density at radius 3 is 2.84 bits per heavy atom. The number of hydrogen-bond donors (Lipinski definition) is 2. The molecule has 4 rings (SSSR count). The zero-order chi connectivity index (χ0) is 17.9. The lowest BCUT2D eigenvalue weighted by Gasteiger charge is -2.52. The van der Waals surface area contributed by atoms with Crippen LogP contribution in [0.15, 0.2) is 15.6 Å². The average molecular weight is 383 g/mol. The Hall–Kier alpha value is -2.18. The van der Waals surface area contributed by atoms with Crippen LogP contribution in [0.1, 0.15) is 6.92 Å². The monoisotopic (exact) mass is 383 g/mol. The van der Waals surface area contributed by atoms with Crippen LogP contribution in [0.5, 0.6) is 0 Å². The molecular formula is C13H13N5O5S2. The van der Waals surface area contributed by atoms with E-state index in [9.17, 15) is 19.5 Å². The molecule has 2 fully saturated rings. The maximum atomic E-state index is 12.4. The summed E-state index contributed by atoms with van der Waals surface area (Å²) in [6.07, 6.45) is -0.540. The second-order valence-electron chi connectivity index (χ2n) is 5.72. The molecule has 2 saturated heterocycles. The highest BCUT2D eigenvalue weighted by molar-refractivity contribution is 8.01. The molecule has 132 valence electrons. The van der Waals surface area contributed by atoms with Crippen LogP contribution in [0.2, 0.25) is 0 Å². The van der Waals surface area contributed by atoms with Gasteiger partial charge >= 0.3 is 5.97 Å². The minimum atomic E-state index is -1.19. The van der Waals surface area contributed by atoms with E-state index in [1.54, 1.807) is 0 Å². The lowest BCUT2D eigenvalue weighted by molar-refractivity contribution is -0.192. The third-order valence-electron chi connectivity index (χ3n) is 4.42. The number of anilines is 1. The lowest BCUT2D eigenvalue weighted by Crippen LogP contribution is -2.75. The average Bonchev–Trinajstić information content (AvgIpc) is 3.11. The Bertz CT molecular complexity index is 823. The number of β-lactam (4-membered cyclic amide) rings is 1. The molecule has 4 heterocycles. The first-order chi connectivity index (χ1) is 11.9. The molecule has 25 heavy (non-hydrogen) atoms. The van der Waals surface area contributed by atoms with Gasteiger partial charge in [-0.2, -0.15) is 0 Å². The van der Waals surface area contributed by atoms with E-state index >= 15 is 0 Å². The Morgan fingerprint density at radius 2 is 2.24 bits per heavy atom. The highest BCUT2D eigenvalue weighted by Crippen LogP contribution is 2.46. The van der Waals surface area contributed by atoms with Gasteiger partial charge in [-0.3, -0.25) is 14.5 Å². The summed E-state index contributed by atoms with van der Waals surface area (Å²) in [5.74, 6) is -1.56. The number of carboxylic acid groups (broad SMARTS) is 1. The maximum Gasteiger partial charge on any atom is 0.352 e. The SMILES string of the molecule is CC(=O)N1COC2C(CSc3nnc(N)s3)=C(C(=O)O)N3C(=O)[C@@H]1[C@@H]23. The highest BCUT2D eigenvalue weighted by Gasteiger charge is 2.64. The number of nitrogens with zero attached hydrogens (tertiary/aromatic N) is 4. The second-order valence-corrected chi connectivity index (χ2v) is 7.95. The Morgan fingerprint density at radius 1 is 1.48 bits per heavy atom. The van der Waals surface area contributed by atoms with Crippen molar-refractivity contribution in [1.29, 1.82) is 0 Å². The van der Waals surface area contributed by atoms with Gasteiger partial charge < -0.3 is 20.5 Å². The number of aromatic nitrogens is 2. The van der Waals surface area contributed by atoms with Crippen LogP contribution in [-0.2, 0) is 19.1 Å². The van der Waals surface area contributed by atoms with Crippen molar-refractivity contribution in [3.63, 3.8) is 0 Å². The smallest absolute Gasteiger partial charge is 0.352 e. The summed E-state index contributed by atoms with van der Waals surface area (Å²) in [4.78, 5) is 38.4. The van der Waals surface area contributed by atoms with Crippen molar-refractivity contribution in [2.75, 3.05) is 18.2 Å². The fraction of sp³-hybridized carbons (Fsp3) is 0.462. The number of carboxylic acids is 1. The number of rotatable bonds is 4. The lowest BCUT2D eigenvalue weighted by atomic mass is 9.89. The van der Waals surface area contributed by atoms with E-state index < -0.39 is 24.2 Å². The van der Waals surface area contributed by atoms with Crippen LogP contribution in [0.4, 0.5) is 5.13 Å². The van der Waals surface area contributed by atoms with Crippen LogP contribution in [0.25, 0.3) is 0 Å². The van der Waals surface area contributed by atoms with Gasteiger partial charge in [0.2, 0.25) is 11.0 Å². The largest absolute Gasteiger partial charge is 0.477 e. The van der Waals surface area contributed by atoms with Crippen molar-refractivity contribution in [3.05, 3.63) is 11.3 Å². The maximum absolute atomic E-state index is 12.4. The van der Waals surface area contributed by atoms with Crippen molar-refractivity contribution in [1.82, 2.24) is 20.0 Å². The van der Waals surface area contributed by atoms with Gasteiger partial charge in [-0.15, -0.1) is 10.2 Å². The summed E-state index contributed by atoms with van der Waals surface area (Å²) in [5, 5.41) is 17.5. The van der Waals surface area contributed by atoms with E-state index in [2.05, 4.69) is 10.2 Å². The van der Waals surface area contributed by atoms with Crippen molar-refractivity contribution in [2.24, 2.45) is 0 Å². The minimum Gasteiger partial charge on any atom is -0.477 e. The number of thioether (sulfide) groups is 1. The fourth-order valence-corrected chi connectivity index (χ4v) is 5.09. The summed E-state index contributed by atoms with van der Waals surface area (Å²) >= 11 is 2.49. The summed E-state index contributed by atoms with van der Waals surface area (Å²) in [6, 6.07) is -1.14. The fourth-order valence-electron chi connectivity index (χ4n) is 3.40. The molecule has 0 radical (unpaired) electrons. The molecule has 1 aromatic rings. The summed E-state index contributed by atoms with van der Waals surface area (Å²) in [5.41, 5.74) is 5.99. The number of aliphatic carboxylic acids is 1. The molecule has 2 amide bonds. The Balaban J connectivity index is 1.63. The third kappa shape index (κ3) is 2.32. The molecule has 0 spiro atoms. The van der Waals surface area contributed by atoms with E-state index in [4.69, 9.17) is 10.5 Å². The number of amides is 2. The molecule has 0 saturated carbocycles. The summed E-state index contributed by atoms with van der Waals surface area (Å²) in [7, 11) is 0. The molecular weight excluding hydrogens is 370 g/mol. The summed E-state index contributed by atoms with van der Waals surface area (Å²) < 4.78 is 6.34. The summed E-state index contributed by atoms with van der Waals surface area (Å²) in [6.45, 7) is 1.32. The first-order valence-electron chi connectivity index (χ1n) is 7.30. The quantitative estimate of drug-likeness (QED) is 0.513. The predicted octanol–water partition coefficient (Wildman–Crippen LogP) is -0.651. The number of nitrogen functional groups attached to an aromatic ring is 1. The highest BCUT2D eigenvalue weighted by atomic mass is 32.2.